The van der Waals surface area contributed by atoms with Gasteiger partial charge in [-0.05, 0) is 69.9 Å². The van der Waals surface area contributed by atoms with Crippen LogP contribution in [-0.4, -0.2) is 42.3 Å². The number of halogens is 1. The summed E-state index contributed by atoms with van der Waals surface area (Å²) in [6.45, 7) is 8.11. The minimum atomic E-state index is -0.220. The average Bonchev–Trinajstić information content (AvgIpc) is 2.45. The number of aliphatic hydroxyl groups excluding tert-OH is 1. The Morgan fingerprint density at radius 2 is 2.05 bits per heavy atom. The lowest BCUT2D eigenvalue weighted by molar-refractivity contribution is 0.0994. The number of nitrogens with one attached hydrogen (secondary N) is 1. The topological polar surface area (TPSA) is 35.5 Å². The van der Waals surface area contributed by atoms with Gasteiger partial charge in [0.15, 0.2) is 0 Å². The molecule has 4 heteroatoms. The summed E-state index contributed by atoms with van der Waals surface area (Å²) < 4.78 is 0. The lowest BCUT2D eigenvalue weighted by Gasteiger charge is -2.33. The quantitative estimate of drug-likeness (QED) is 0.847. The first-order chi connectivity index (χ1) is 10.0. The van der Waals surface area contributed by atoms with Crippen molar-refractivity contribution in [1.29, 1.82) is 0 Å². The van der Waals surface area contributed by atoms with Gasteiger partial charge in [0.1, 0.15) is 0 Å². The minimum absolute atomic E-state index is 0.220. The Labute approximate surface area is 133 Å². The molecule has 0 radical (unpaired) electrons. The molecule has 2 rings (SSSR count). The van der Waals surface area contributed by atoms with Crippen molar-refractivity contribution in [3.8, 4) is 0 Å². The maximum atomic E-state index is 9.43. The fraction of sp³-hybridized carbons (Fsp3) is 0.647. The number of β-amino-alcohol motifs (C(OH)–C–C–N with tert-alkyl or cyclic N) is 1. The molecule has 0 spiro atoms. The summed E-state index contributed by atoms with van der Waals surface area (Å²) in [7, 11) is 0. The summed E-state index contributed by atoms with van der Waals surface area (Å²) in [5.74, 6) is 0.733. The molecule has 21 heavy (non-hydrogen) atoms. The van der Waals surface area contributed by atoms with Crippen LogP contribution in [0.15, 0.2) is 24.3 Å². The van der Waals surface area contributed by atoms with E-state index in [1.807, 2.05) is 25.1 Å². The number of rotatable bonds is 6. The van der Waals surface area contributed by atoms with Crippen molar-refractivity contribution in [3.63, 3.8) is 0 Å². The standard InChI is InChI=1S/C17H27ClN2O/c1-13(21)12-20-8-6-15(7-9-20)11-19-14(2)16-4-3-5-17(18)10-16/h3-5,10,13-15,19,21H,6-9,11-12H2,1-2H3. The molecule has 1 aliphatic heterocycles. The van der Waals surface area contributed by atoms with Crippen molar-refractivity contribution < 1.29 is 5.11 Å². The van der Waals surface area contributed by atoms with Crippen LogP contribution < -0.4 is 5.32 Å². The lowest BCUT2D eigenvalue weighted by atomic mass is 9.96. The first-order valence-electron chi connectivity index (χ1n) is 7.94. The molecular formula is C17H27ClN2O. The van der Waals surface area contributed by atoms with Gasteiger partial charge < -0.3 is 15.3 Å². The highest BCUT2D eigenvalue weighted by Crippen LogP contribution is 2.20. The molecule has 1 heterocycles. The Balaban J connectivity index is 1.72. The second-order valence-corrected chi connectivity index (χ2v) is 6.71. The summed E-state index contributed by atoms with van der Waals surface area (Å²) in [5, 5.41) is 13.9. The molecule has 1 aliphatic rings. The van der Waals surface area contributed by atoms with Crippen LogP contribution in [0.3, 0.4) is 0 Å². The molecular weight excluding hydrogens is 284 g/mol. The second-order valence-electron chi connectivity index (χ2n) is 6.28. The molecule has 118 valence electrons. The van der Waals surface area contributed by atoms with E-state index in [9.17, 15) is 5.11 Å². The summed E-state index contributed by atoms with van der Waals surface area (Å²) in [5.41, 5.74) is 1.24. The summed E-state index contributed by atoms with van der Waals surface area (Å²) in [4.78, 5) is 2.36. The molecule has 2 unspecified atom stereocenters. The largest absolute Gasteiger partial charge is 0.392 e. The van der Waals surface area contributed by atoms with Gasteiger partial charge in [-0.15, -0.1) is 0 Å². The minimum Gasteiger partial charge on any atom is -0.392 e. The first-order valence-corrected chi connectivity index (χ1v) is 8.31. The SMILES string of the molecule is CC(O)CN1CCC(CNC(C)c2cccc(Cl)c2)CC1. The van der Waals surface area contributed by atoms with Gasteiger partial charge >= 0.3 is 0 Å². The summed E-state index contributed by atoms with van der Waals surface area (Å²) >= 11 is 6.04. The third-order valence-corrected chi connectivity index (χ3v) is 4.53. The molecule has 3 nitrogen and oxygen atoms in total. The third-order valence-electron chi connectivity index (χ3n) is 4.29. The van der Waals surface area contributed by atoms with Crippen molar-refractivity contribution in [3.05, 3.63) is 34.9 Å². The van der Waals surface area contributed by atoms with E-state index in [4.69, 9.17) is 11.6 Å². The van der Waals surface area contributed by atoms with E-state index in [1.165, 1.54) is 18.4 Å². The predicted molar refractivity (Wildman–Crippen MR) is 88.7 cm³/mol. The van der Waals surface area contributed by atoms with Crippen molar-refractivity contribution in [1.82, 2.24) is 10.2 Å². The number of piperidine rings is 1. The van der Waals surface area contributed by atoms with Crippen LogP contribution in [-0.2, 0) is 0 Å². The smallest absolute Gasteiger partial charge is 0.0639 e. The summed E-state index contributed by atoms with van der Waals surface area (Å²) in [6, 6.07) is 8.40. The van der Waals surface area contributed by atoms with E-state index in [-0.39, 0.29) is 6.10 Å². The maximum absolute atomic E-state index is 9.43. The Bertz CT molecular complexity index is 431. The van der Waals surface area contributed by atoms with Crippen LogP contribution >= 0.6 is 11.6 Å². The molecule has 0 aliphatic carbocycles. The molecule has 1 saturated heterocycles. The highest BCUT2D eigenvalue weighted by Gasteiger charge is 2.20. The van der Waals surface area contributed by atoms with E-state index >= 15 is 0 Å². The Morgan fingerprint density at radius 3 is 2.67 bits per heavy atom. The Hall–Kier alpha value is -0.610. The van der Waals surface area contributed by atoms with Crippen LogP contribution in [0.25, 0.3) is 0 Å². The highest BCUT2D eigenvalue weighted by atomic mass is 35.5. The number of likely N-dealkylation sites (tertiary alicyclic amines) is 1. The van der Waals surface area contributed by atoms with Crippen LogP contribution in [0, 0.1) is 5.92 Å². The number of hydrogen-bond acceptors (Lipinski definition) is 3. The zero-order valence-corrected chi connectivity index (χ0v) is 13.8. The van der Waals surface area contributed by atoms with Gasteiger partial charge in [-0.25, -0.2) is 0 Å². The molecule has 0 aromatic heterocycles. The van der Waals surface area contributed by atoms with E-state index in [0.29, 0.717) is 6.04 Å². The van der Waals surface area contributed by atoms with E-state index in [1.54, 1.807) is 0 Å². The molecule has 0 amide bonds. The van der Waals surface area contributed by atoms with Crippen molar-refractivity contribution in [2.75, 3.05) is 26.2 Å². The molecule has 1 fully saturated rings. The maximum Gasteiger partial charge on any atom is 0.0639 e. The van der Waals surface area contributed by atoms with Crippen molar-refractivity contribution in [2.24, 2.45) is 5.92 Å². The normalized spacial score (nSPS) is 20.4. The van der Waals surface area contributed by atoms with Crippen LogP contribution in [0.4, 0.5) is 0 Å². The van der Waals surface area contributed by atoms with Crippen molar-refractivity contribution in [2.45, 2.75) is 38.8 Å². The zero-order valence-electron chi connectivity index (χ0n) is 13.1. The van der Waals surface area contributed by atoms with Gasteiger partial charge in [-0.3, -0.25) is 0 Å². The molecule has 0 saturated carbocycles. The van der Waals surface area contributed by atoms with Gasteiger partial charge in [-0.1, -0.05) is 23.7 Å². The van der Waals surface area contributed by atoms with Gasteiger partial charge in [0.05, 0.1) is 6.10 Å². The molecule has 0 bridgehead atoms. The van der Waals surface area contributed by atoms with Gasteiger partial charge in [0.2, 0.25) is 0 Å². The second kappa shape index (κ2) is 8.14. The Kier molecular flexibility index (Phi) is 6.49. The fourth-order valence-corrected chi connectivity index (χ4v) is 3.18. The summed E-state index contributed by atoms with van der Waals surface area (Å²) in [6.07, 6.45) is 2.20. The first kappa shape index (κ1) is 16.8. The number of benzene rings is 1. The average molecular weight is 311 g/mol. The fourth-order valence-electron chi connectivity index (χ4n) is 2.98. The van der Waals surface area contributed by atoms with E-state index in [2.05, 4.69) is 23.2 Å². The van der Waals surface area contributed by atoms with Gasteiger partial charge in [-0.2, -0.15) is 0 Å². The van der Waals surface area contributed by atoms with E-state index < -0.39 is 0 Å². The zero-order chi connectivity index (χ0) is 15.2. The van der Waals surface area contributed by atoms with Crippen LogP contribution in [0.2, 0.25) is 5.02 Å². The van der Waals surface area contributed by atoms with Gasteiger partial charge in [0.25, 0.3) is 0 Å². The molecule has 1 aromatic rings. The number of hydrogen-bond donors (Lipinski definition) is 2. The third kappa shape index (κ3) is 5.59. The highest BCUT2D eigenvalue weighted by molar-refractivity contribution is 6.30. The monoisotopic (exact) mass is 310 g/mol. The van der Waals surface area contributed by atoms with Crippen LogP contribution in [0.5, 0.6) is 0 Å². The number of nitrogens with zero attached hydrogens (tertiary/aromatic N) is 1. The lowest BCUT2D eigenvalue weighted by Crippen LogP contribution is -2.40. The van der Waals surface area contributed by atoms with E-state index in [0.717, 1.165) is 37.1 Å². The predicted octanol–water partition coefficient (Wildman–Crippen LogP) is 3.08. The van der Waals surface area contributed by atoms with Crippen LogP contribution in [0.1, 0.15) is 38.3 Å². The molecule has 2 N–H and O–H groups in total. The van der Waals surface area contributed by atoms with Gasteiger partial charge in [0, 0.05) is 17.6 Å². The Morgan fingerprint density at radius 1 is 1.33 bits per heavy atom. The number of aliphatic hydroxyl groups is 1. The van der Waals surface area contributed by atoms with Crippen molar-refractivity contribution >= 4 is 11.6 Å². The molecule has 2 atom stereocenters. The molecule has 1 aromatic carbocycles.